The Labute approximate surface area is 104 Å². The van der Waals surface area contributed by atoms with Gasteiger partial charge in [0.25, 0.3) is 0 Å². The van der Waals surface area contributed by atoms with Crippen molar-refractivity contribution in [3.63, 3.8) is 0 Å². The van der Waals surface area contributed by atoms with Gasteiger partial charge in [0.1, 0.15) is 0 Å². The largest absolute Gasteiger partial charge is 0.245 e. The summed E-state index contributed by atoms with van der Waals surface area (Å²) in [4.78, 5) is 14.3. The molecule has 1 aromatic rings. The summed E-state index contributed by atoms with van der Waals surface area (Å²) in [6.45, 7) is 0. The molecular weight excluding hydrogens is 236 g/mol. The van der Waals surface area contributed by atoms with Crippen LogP contribution in [0.3, 0.4) is 0 Å². The Morgan fingerprint density at radius 2 is 2.11 bits per heavy atom. The number of benzene rings is 1. The van der Waals surface area contributed by atoms with E-state index in [1.165, 1.54) is 11.6 Å². The van der Waals surface area contributed by atoms with Gasteiger partial charge in [0.2, 0.25) is 12.5 Å². The lowest BCUT2D eigenvalue weighted by Gasteiger charge is -2.15. The number of rotatable bonds is 2. The zero-order valence-corrected chi connectivity index (χ0v) is 9.88. The third kappa shape index (κ3) is 1.60. The van der Waals surface area contributed by atoms with Gasteiger partial charge in [0, 0.05) is 5.92 Å². The molecule has 3 rings (SSSR count). The number of carbonyl (C=O) groups excluding carboxylic acids is 1. The molecule has 1 unspecified atom stereocenters. The highest BCUT2D eigenvalue weighted by Gasteiger charge is 2.35. The molecule has 0 aliphatic heterocycles. The Bertz CT molecular complexity index is 547. The number of hydrogen-bond acceptors (Lipinski definition) is 2. The van der Waals surface area contributed by atoms with E-state index < -0.39 is 12.3 Å². The van der Waals surface area contributed by atoms with Crippen LogP contribution < -0.4 is 0 Å². The van der Waals surface area contributed by atoms with Crippen molar-refractivity contribution in [1.29, 1.82) is 0 Å². The van der Waals surface area contributed by atoms with Gasteiger partial charge in [0.05, 0.1) is 5.69 Å². The summed E-state index contributed by atoms with van der Waals surface area (Å²) < 4.78 is 26.1. The van der Waals surface area contributed by atoms with E-state index in [2.05, 4.69) is 4.99 Å². The maximum atomic E-state index is 13.1. The molecule has 0 radical (unpaired) electrons. The van der Waals surface area contributed by atoms with Crippen molar-refractivity contribution in [1.82, 2.24) is 0 Å². The number of halogens is 2. The third-order valence-corrected chi connectivity index (χ3v) is 4.05. The predicted molar refractivity (Wildman–Crippen MR) is 63.3 cm³/mol. The maximum absolute atomic E-state index is 13.1. The van der Waals surface area contributed by atoms with Crippen LogP contribution in [-0.2, 0) is 24.1 Å². The zero-order valence-electron chi connectivity index (χ0n) is 9.88. The van der Waals surface area contributed by atoms with Crippen LogP contribution in [0.4, 0.5) is 14.5 Å². The van der Waals surface area contributed by atoms with Crippen molar-refractivity contribution in [2.45, 2.75) is 44.4 Å². The van der Waals surface area contributed by atoms with Crippen LogP contribution in [0.15, 0.2) is 11.1 Å². The standard InChI is InChI=1S/C14H13F2NO/c15-14(16)11-5-4-9-6-8-2-1-3-10(8)13(12(9)11)17-7-18/h6,11,14H,1-5H2. The first-order chi connectivity index (χ1) is 8.72. The van der Waals surface area contributed by atoms with Crippen LogP contribution in [0.5, 0.6) is 0 Å². The van der Waals surface area contributed by atoms with Crippen molar-refractivity contribution in [2.75, 3.05) is 0 Å². The molecule has 2 aliphatic rings. The lowest BCUT2D eigenvalue weighted by Crippen LogP contribution is -2.06. The average molecular weight is 249 g/mol. The number of alkyl halides is 2. The summed E-state index contributed by atoms with van der Waals surface area (Å²) in [7, 11) is 0. The fourth-order valence-electron chi connectivity index (χ4n) is 3.30. The summed E-state index contributed by atoms with van der Waals surface area (Å²) in [5, 5.41) is 0. The quantitative estimate of drug-likeness (QED) is 0.583. The van der Waals surface area contributed by atoms with Crippen LogP contribution in [0.25, 0.3) is 0 Å². The molecule has 0 saturated heterocycles. The monoisotopic (exact) mass is 249 g/mol. The highest BCUT2D eigenvalue weighted by molar-refractivity contribution is 5.67. The van der Waals surface area contributed by atoms with E-state index in [0.29, 0.717) is 24.1 Å². The predicted octanol–water partition coefficient (Wildman–Crippen LogP) is 3.44. The second kappa shape index (κ2) is 4.29. The first-order valence-electron chi connectivity index (χ1n) is 6.26. The Morgan fingerprint density at radius 1 is 1.28 bits per heavy atom. The SMILES string of the molecule is O=C=Nc1c2c(cc3c1C(C(F)F)CC3)CCC2. The fourth-order valence-corrected chi connectivity index (χ4v) is 3.30. The van der Waals surface area contributed by atoms with Crippen LogP contribution in [0.1, 0.15) is 41.0 Å². The molecule has 1 atom stereocenters. The number of hydrogen-bond donors (Lipinski definition) is 0. The minimum Gasteiger partial charge on any atom is -0.211 e. The fraction of sp³-hybridized carbons (Fsp3) is 0.500. The zero-order chi connectivity index (χ0) is 12.7. The summed E-state index contributed by atoms with van der Waals surface area (Å²) in [6.07, 6.45) is 3.08. The molecular formula is C14H13F2NO. The van der Waals surface area contributed by atoms with Gasteiger partial charge in [-0.1, -0.05) is 6.07 Å². The molecule has 0 heterocycles. The van der Waals surface area contributed by atoms with Gasteiger partial charge in [-0.05, 0) is 54.4 Å². The summed E-state index contributed by atoms with van der Waals surface area (Å²) in [6, 6.07) is 2.05. The maximum Gasteiger partial charge on any atom is 0.245 e. The highest BCUT2D eigenvalue weighted by Crippen LogP contribution is 2.47. The van der Waals surface area contributed by atoms with E-state index in [9.17, 15) is 13.6 Å². The number of fused-ring (bicyclic) bond motifs is 2. The average Bonchev–Trinajstić information content (AvgIpc) is 2.94. The van der Waals surface area contributed by atoms with E-state index in [0.717, 1.165) is 30.4 Å². The van der Waals surface area contributed by atoms with Gasteiger partial charge in [-0.3, -0.25) is 0 Å². The molecule has 0 amide bonds. The van der Waals surface area contributed by atoms with E-state index in [1.807, 2.05) is 6.07 Å². The van der Waals surface area contributed by atoms with Crippen LogP contribution in [0.2, 0.25) is 0 Å². The van der Waals surface area contributed by atoms with Crippen LogP contribution >= 0.6 is 0 Å². The summed E-state index contributed by atoms with van der Waals surface area (Å²) >= 11 is 0. The highest BCUT2D eigenvalue weighted by atomic mass is 19.3. The molecule has 0 saturated carbocycles. The first-order valence-corrected chi connectivity index (χ1v) is 6.26. The second-order valence-electron chi connectivity index (χ2n) is 4.97. The number of isocyanates is 1. The number of aliphatic imine (C=N–C) groups is 1. The smallest absolute Gasteiger partial charge is 0.211 e. The Hall–Kier alpha value is -1.54. The molecule has 0 N–H and O–H groups in total. The molecule has 94 valence electrons. The molecule has 2 aliphatic carbocycles. The summed E-state index contributed by atoms with van der Waals surface area (Å²) in [5.41, 5.74) is 4.23. The Kier molecular flexibility index (Phi) is 2.75. The first kappa shape index (κ1) is 11.5. The third-order valence-electron chi connectivity index (χ3n) is 4.05. The molecule has 18 heavy (non-hydrogen) atoms. The number of aryl methyl sites for hydroxylation is 2. The molecule has 2 nitrogen and oxygen atoms in total. The van der Waals surface area contributed by atoms with Crippen molar-refractivity contribution < 1.29 is 13.6 Å². The molecule has 0 aromatic heterocycles. The van der Waals surface area contributed by atoms with Gasteiger partial charge < -0.3 is 0 Å². The minimum absolute atomic E-state index is 0.456. The van der Waals surface area contributed by atoms with Gasteiger partial charge >= 0.3 is 0 Å². The van der Waals surface area contributed by atoms with Crippen molar-refractivity contribution in [3.8, 4) is 0 Å². The van der Waals surface area contributed by atoms with Crippen molar-refractivity contribution in [3.05, 3.63) is 28.3 Å². The topological polar surface area (TPSA) is 29.4 Å². The number of nitrogens with zero attached hydrogens (tertiary/aromatic N) is 1. The lowest BCUT2D eigenvalue weighted by molar-refractivity contribution is 0.114. The summed E-state index contributed by atoms with van der Waals surface area (Å²) in [5.74, 6) is -0.766. The van der Waals surface area contributed by atoms with Crippen molar-refractivity contribution >= 4 is 11.8 Å². The van der Waals surface area contributed by atoms with Crippen molar-refractivity contribution in [2.24, 2.45) is 4.99 Å². The molecule has 0 spiro atoms. The Morgan fingerprint density at radius 3 is 2.83 bits per heavy atom. The molecule has 4 heteroatoms. The van der Waals surface area contributed by atoms with E-state index in [1.54, 1.807) is 0 Å². The minimum atomic E-state index is -2.38. The van der Waals surface area contributed by atoms with Gasteiger partial charge in [-0.15, -0.1) is 0 Å². The van der Waals surface area contributed by atoms with E-state index >= 15 is 0 Å². The van der Waals surface area contributed by atoms with Crippen LogP contribution in [0, 0.1) is 0 Å². The Balaban J connectivity index is 2.23. The van der Waals surface area contributed by atoms with Crippen LogP contribution in [-0.4, -0.2) is 12.5 Å². The normalized spacial score (nSPS) is 20.7. The second-order valence-corrected chi connectivity index (χ2v) is 4.97. The van der Waals surface area contributed by atoms with Gasteiger partial charge in [0.15, 0.2) is 0 Å². The van der Waals surface area contributed by atoms with E-state index in [-0.39, 0.29) is 0 Å². The van der Waals surface area contributed by atoms with Gasteiger partial charge in [-0.25, -0.2) is 13.6 Å². The van der Waals surface area contributed by atoms with E-state index in [4.69, 9.17) is 0 Å². The molecule has 0 fully saturated rings. The lowest BCUT2D eigenvalue weighted by atomic mass is 9.94. The van der Waals surface area contributed by atoms with Gasteiger partial charge in [-0.2, -0.15) is 4.99 Å². The molecule has 1 aromatic carbocycles. The molecule has 0 bridgehead atoms.